The van der Waals surface area contributed by atoms with Crippen LogP contribution >= 0.6 is 11.6 Å². The van der Waals surface area contributed by atoms with E-state index in [0.717, 1.165) is 5.56 Å². The SMILES string of the molecule is COc1cc(C(=O)NC(C)c2ccccc2Cl)cc(OC)c1OC. The van der Waals surface area contributed by atoms with Crippen molar-refractivity contribution in [1.82, 2.24) is 5.32 Å². The van der Waals surface area contributed by atoms with Gasteiger partial charge in [-0.3, -0.25) is 4.79 Å². The van der Waals surface area contributed by atoms with Gasteiger partial charge in [-0.15, -0.1) is 0 Å². The van der Waals surface area contributed by atoms with Crippen molar-refractivity contribution in [3.8, 4) is 17.2 Å². The minimum Gasteiger partial charge on any atom is -0.493 e. The van der Waals surface area contributed by atoms with E-state index in [2.05, 4.69) is 5.32 Å². The fraction of sp³-hybridized carbons (Fsp3) is 0.278. The molecule has 0 saturated heterocycles. The van der Waals surface area contributed by atoms with Gasteiger partial charge in [-0.25, -0.2) is 0 Å². The van der Waals surface area contributed by atoms with Gasteiger partial charge in [0.15, 0.2) is 11.5 Å². The van der Waals surface area contributed by atoms with Gasteiger partial charge in [0, 0.05) is 10.6 Å². The minimum absolute atomic E-state index is 0.245. The number of carbonyl (C=O) groups is 1. The summed E-state index contributed by atoms with van der Waals surface area (Å²) in [5.74, 6) is 1.03. The van der Waals surface area contributed by atoms with Crippen LogP contribution in [0, 0.1) is 0 Å². The Morgan fingerprint density at radius 2 is 1.62 bits per heavy atom. The van der Waals surface area contributed by atoms with E-state index >= 15 is 0 Å². The lowest BCUT2D eigenvalue weighted by atomic mass is 10.1. The van der Waals surface area contributed by atoms with Crippen molar-refractivity contribution in [1.29, 1.82) is 0 Å². The van der Waals surface area contributed by atoms with Crippen molar-refractivity contribution in [2.24, 2.45) is 0 Å². The number of hydrogen-bond acceptors (Lipinski definition) is 4. The molecule has 6 heteroatoms. The minimum atomic E-state index is -0.262. The number of halogens is 1. The van der Waals surface area contributed by atoms with Crippen LogP contribution in [0.4, 0.5) is 0 Å². The van der Waals surface area contributed by atoms with Crippen molar-refractivity contribution in [3.05, 3.63) is 52.5 Å². The maximum absolute atomic E-state index is 12.6. The van der Waals surface area contributed by atoms with Crippen LogP contribution in [0.5, 0.6) is 17.2 Å². The van der Waals surface area contributed by atoms with Gasteiger partial charge in [0.25, 0.3) is 5.91 Å². The predicted octanol–water partition coefficient (Wildman–Crippen LogP) is 3.86. The zero-order valence-electron chi connectivity index (χ0n) is 14.1. The van der Waals surface area contributed by atoms with Gasteiger partial charge < -0.3 is 19.5 Å². The number of hydrogen-bond donors (Lipinski definition) is 1. The van der Waals surface area contributed by atoms with Gasteiger partial charge >= 0.3 is 0 Å². The van der Waals surface area contributed by atoms with Gasteiger partial charge in [-0.2, -0.15) is 0 Å². The number of nitrogens with one attached hydrogen (secondary N) is 1. The zero-order chi connectivity index (χ0) is 17.7. The summed E-state index contributed by atoms with van der Waals surface area (Å²) in [5, 5.41) is 3.52. The molecule has 0 aliphatic heterocycles. The van der Waals surface area contributed by atoms with Crippen molar-refractivity contribution < 1.29 is 19.0 Å². The van der Waals surface area contributed by atoms with Crippen LogP contribution in [0.1, 0.15) is 28.9 Å². The van der Waals surface area contributed by atoms with Gasteiger partial charge in [-0.1, -0.05) is 29.8 Å². The molecule has 1 unspecified atom stereocenters. The lowest BCUT2D eigenvalue weighted by Crippen LogP contribution is -2.27. The fourth-order valence-corrected chi connectivity index (χ4v) is 2.70. The van der Waals surface area contributed by atoms with Gasteiger partial charge in [-0.05, 0) is 30.7 Å². The molecule has 1 amide bonds. The highest BCUT2D eigenvalue weighted by Gasteiger charge is 2.19. The summed E-state index contributed by atoms with van der Waals surface area (Å²) in [6.45, 7) is 1.87. The molecule has 0 saturated carbocycles. The van der Waals surface area contributed by atoms with Crippen LogP contribution in [0.25, 0.3) is 0 Å². The Morgan fingerprint density at radius 3 is 2.12 bits per heavy atom. The first-order chi connectivity index (χ1) is 11.5. The molecule has 24 heavy (non-hydrogen) atoms. The second-order valence-corrected chi connectivity index (χ2v) is 5.54. The second-order valence-electron chi connectivity index (χ2n) is 5.13. The van der Waals surface area contributed by atoms with E-state index in [4.69, 9.17) is 25.8 Å². The summed E-state index contributed by atoms with van der Waals surface area (Å²) in [6, 6.07) is 10.4. The molecule has 0 spiro atoms. The summed E-state index contributed by atoms with van der Waals surface area (Å²) in [7, 11) is 4.52. The van der Waals surface area contributed by atoms with E-state index in [1.165, 1.54) is 21.3 Å². The summed E-state index contributed by atoms with van der Waals surface area (Å²) < 4.78 is 15.8. The summed E-state index contributed by atoms with van der Waals surface area (Å²) in [6.07, 6.45) is 0. The van der Waals surface area contributed by atoms with Crippen LogP contribution in [0.3, 0.4) is 0 Å². The average molecular weight is 350 g/mol. The highest BCUT2D eigenvalue weighted by atomic mass is 35.5. The summed E-state index contributed by atoms with van der Waals surface area (Å²) >= 11 is 6.18. The zero-order valence-corrected chi connectivity index (χ0v) is 14.8. The third-order valence-electron chi connectivity index (χ3n) is 3.65. The quantitative estimate of drug-likeness (QED) is 0.860. The van der Waals surface area contributed by atoms with Crippen LogP contribution in [-0.4, -0.2) is 27.2 Å². The Hall–Kier alpha value is -2.40. The first kappa shape index (κ1) is 17.9. The Labute approximate surface area is 146 Å². The molecule has 0 heterocycles. The number of carbonyl (C=O) groups excluding carboxylic acids is 1. The van der Waals surface area contributed by atoms with E-state index < -0.39 is 0 Å². The van der Waals surface area contributed by atoms with Crippen LogP contribution in [0.15, 0.2) is 36.4 Å². The largest absolute Gasteiger partial charge is 0.493 e. The first-order valence-corrected chi connectivity index (χ1v) is 7.74. The maximum Gasteiger partial charge on any atom is 0.252 e. The van der Waals surface area contributed by atoms with Crippen molar-refractivity contribution in [2.75, 3.05) is 21.3 Å². The lowest BCUT2D eigenvalue weighted by Gasteiger charge is -2.17. The lowest BCUT2D eigenvalue weighted by molar-refractivity contribution is 0.0939. The first-order valence-electron chi connectivity index (χ1n) is 7.37. The fourth-order valence-electron chi connectivity index (χ4n) is 2.40. The predicted molar refractivity (Wildman–Crippen MR) is 93.4 cm³/mol. The molecule has 2 rings (SSSR count). The summed E-state index contributed by atoms with van der Waals surface area (Å²) in [5.41, 5.74) is 1.25. The molecule has 1 atom stereocenters. The van der Waals surface area contributed by atoms with E-state index in [0.29, 0.717) is 27.8 Å². The number of rotatable bonds is 6. The van der Waals surface area contributed by atoms with E-state index in [1.54, 1.807) is 18.2 Å². The Bertz CT molecular complexity index is 708. The smallest absolute Gasteiger partial charge is 0.252 e. The van der Waals surface area contributed by atoms with E-state index in [1.807, 2.05) is 25.1 Å². The molecule has 0 fully saturated rings. The molecule has 5 nitrogen and oxygen atoms in total. The van der Waals surface area contributed by atoms with Gasteiger partial charge in [0.2, 0.25) is 5.75 Å². The maximum atomic E-state index is 12.6. The van der Waals surface area contributed by atoms with Gasteiger partial charge in [0.1, 0.15) is 0 Å². The van der Waals surface area contributed by atoms with Crippen LogP contribution in [-0.2, 0) is 0 Å². The molecular formula is C18H20ClNO4. The standard InChI is InChI=1S/C18H20ClNO4/c1-11(13-7-5-6-8-14(13)19)20-18(21)12-9-15(22-2)17(24-4)16(10-12)23-3/h5-11H,1-4H3,(H,20,21). The highest BCUT2D eigenvalue weighted by molar-refractivity contribution is 6.31. The normalized spacial score (nSPS) is 11.5. The molecule has 0 aromatic heterocycles. The number of ether oxygens (including phenoxy) is 3. The molecule has 0 aliphatic rings. The summed E-state index contributed by atoms with van der Waals surface area (Å²) in [4.78, 5) is 12.6. The molecule has 0 radical (unpaired) electrons. The van der Waals surface area contributed by atoms with Crippen LogP contribution < -0.4 is 19.5 Å². The monoisotopic (exact) mass is 349 g/mol. The molecule has 0 bridgehead atoms. The molecule has 2 aromatic carbocycles. The Kier molecular flexibility index (Phi) is 5.93. The second kappa shape index (κ2) is 7.93. The Morgan fingerprint density at radius 1 is 1.04 bits per heavy atom. The van der Waals surface area contributed by atoms with Crippen LogP contribution in [0.2, 0.25) is 5.02 Å². The number of amides is 1. The van der Waals surface area contributed by atoms with E-state index in [9.17, 15) is 4.79 Å². The van der Waals surface area contributed by atoms with Gasteiger partial charge in [0.05, 0.1) is 27.4 Å². The Balaban J connectivity index is 2.28. The highest BCUT2D eigenvalue weighted by Crippen LogP contribution is 2.38. The van der Waals surface area contributed by atoms with Crippen molar-refractivity contribution >= 4 is 17.5 Å². The molecule has 2 aromatic rings. The molecular weight excluding hydrogens is 330 g/mol. The molecule has 0 aliphatic carbocycles. The third-order valence-corrected chi connectivity index (χ3v) is 3.99. The van der Waals surface area contributed by atoms with Crippen molar-refractivity contribution in [2.45, 2.75) is 13.0 Å². The topological polar surface area (TPSA) is 56.8 Å². The molecule has 128 valence electrons. The van der Waals surface area contributed by atoms with E-state index in [-0.39, 0.29) is 11.9 Å². The number of benzene rings is 2. The average Bonchev–Trinajstić information content (AvgIpc) is 2.60. The third kappa shape index (κ3) is 3.74. The molecule has 1 N–H and O–H groups in total. The van der Waals surface area contributed by atoms with Crippen molar-refractivity contribution in [3.63, 3.8) is 0 Å². The number of methoxy groups -OCH3 is 3.